The highest BCUT2D eigenvalue weighted by atomic mass is 16.5. The molecule has 6 nitrogen and oxygen atoms in total. The van der Waals surface area contributed by atoms with Crippen LogP contribution in [0.1, 0.15) is 35.3 Å². The van der Waals surface area contributed by atoms with Gasteiger partial charge in [-0.1, -0.05) is 38.1 Å². The minimum atomic E-state index is -0.613. The van der Waals surface area contributed by atoms with Crippen LogP contribution in [0.4, 0.5) is 0 Å². The van der Waals surface area contributed by atoms with Crippen LogP contribution in [-0.2, 0) is 17.9 Å². The molecule has 0 fully saturated rings. The molecule has 0 aromatic heterocycles. The molecule has 0 saturated heterocycles. The van der Waals surface area contributed by atoms with E-state index in [4.69, 9.17) is 4.74 Å². The van der Waals surface area contributed by atoms with Gasteiger partial charge in [-0.3, -0.25) is 9.59 Å². The number of nitrogens with zero attached hydrogens (tertiary/aromatic N) is 1. The summed E-state index contributed by atoms with van der Waals surface area (Å²) in [6, 6.07) is 14.3. The predicted octanol–water partition coefficient (Wildman–Crippen LogP) is 2.83. The summed E-state index contributed by atoms with van der Waals surface area (Å²) in [5.74, 6) is 0.157. The highest BCUT2D eigenvalue weighted by molar-refractivity contribution is 5.97. The third-order valence-electron chi connectivity index (χ3n) is 4.58. The Bertz CT molecular complexity index is 799. The number of nitrogens with one attached hydrogen (secondary N) is 2. The van der Waals surface area contributed by atoms with Gasteiger partial charge < -0.3 is 20.3 Å². The first kappa shape index (κ1) is 22.4. The molecule has 6 heteroatoms. The maximum absolute atomic E-state index is 12.7. The molecule has 0 heterocycles. The average molecular weight is 398 g/mol. The Labute approximate surface area is 173 Å². The number of methoxy groups -OCH3 is 1. The summed E-state index contributed by atoms with van der Waals surface area (Å²) < 4.78 is 5.11. The molecule has 2 aromatic carbocycles. The zero-order chi connectivity index (χ0) is 21.4. The van der Waals surface area contributed by atoms with E-state index in [1.807, 2.05) is 40.1 Å². The van der Waals surface area contributed by atoms with Crippen molar-refractivity contribution in [1.29, 1.82) is 0 Å². The van der Waals surface area contributed by atoms with Gasteiger partial charge in [0.2, 0.25) is 5.91 Å². The summed E-state index contributed by atoms with van der Waals surface area (Å²) in [7, 11) is 5.63. The van der Waals surface area contributed by atoms with Crippen LogP contribution in [0.2, 0.25) is 0 Å². The Morgan fingerprint density at radius 3 is 2.07 bits per heavy atom. The first-order chi connectivity index (χ1) is 13.8. The Balaban J connectivity index is 1.95. The topological polar surface area (TPSA) is 70.7 Å². The highest BCUT2D eigenvalue weighted by Crippen LogP contribution is 2.12. The Morgan fingerprint density at radius 1 is 0.966 bits per heavy atom. The largest absolute Gasteiger partial charge is 0.497 e. The zero-order valence-corrected chi connectivity index (χ0v) is 17.9. The predicted molar refractivity (Wildman–Crippen MR) is 115 cm³/mol. The second kappa shape index (κ2) is 10.6. The summed E-state index contributed by atoms with van der Waals surface area (Å²) in [5, 5.41) is 5.77. The fraction of sp³-hybridized carbons (Fsp3) is 0.391. The minimum absolute atomic E-state index is 0.0420. The van der Waals surface area contributed by atoms with E-state index in [2.05, 4.69) is 27.7 Å². The Kier molecular flexibility index (Phi) is 8.21. The number of rotatable bonds is 9. The van der Waals surface area contributed by atoms with Crippen molar-refractivity contribution in [2.24, 2.45) is 5.92 Å². The molecule has 0 aliphatic carbocycles. The molecule has 0 radical (unpaired) electrons. The van der Waals surface area contributed by atoms with E-state index in [1.54, 1.807) is 31.4 Å². The molecule has 0 unspecified atom stereocenters. The molecule has 1 atom stereocenters. The number of carbonyl (C=O) groups is 2. The monoisotopic (exact) mass is 397 g/mol. The smallest absolute Gasteiger partial charge is 0.251 e. The van der Waals surface area contributed by atoms with Gasteiger partial charge in [0, 0.05) is 18.7 Å². The third kappa shape index (κ3) is 6.91. The lowest BCUT2D eigenvalue weighted by molar-refractivity contribution is -0.124. The fourth-order valence-corrected chi connectivity index (χ4v) is 2.93. The minimum Gasteiger partial charge on any atom is -0.497 e. The molecule has 2 rings (SSSR count). The number of ether oxygens (including phenoxy) is 1. The SMILES string of the molecule is COc1ccc(C(=O)N[C@H](C(=O)NCc2ccc(CN(C)C)cc2)C(C)C)cc1. The second-order valence-electron chi connectivity index (χ2n) is 7.70. The van der Waals surface area contributed by atoms with E-state index in [0.717, 1.165) is 12.1 Å². The fourth-order valence-electron chi connectivity index (χ4n) is 2.93. The van der Waals surface area contributed by atoms with Gasteiger partial charge in [-0.15, -0.1) is 0 Å². The van der Waals surface area contributed by atoms with Crippen molar-refractivity contribution in [2.75, 3.05) is 21.2 Å². The molecule has 0 bridgehead atoms. The highest BCUT2D eigenvalue weighted by Gasteiger charge is 2.24. The summed E-state index contributed by atoms with van der Waals surface area (Å²) >= 11 is 0. The van der Waals surface area contributed by atoms with Crippen LogP contribution in [0, 0.1) is 5.92 Å². The van der Waals surface area contributed by atoms with Crippen LogP contribution >= 0.6 is 0 Å². The van der Waals surface area contributed by atoms with Crippen LogP contribution in [0.5, 0.6) is 5.75 Å². The lowest BCUT2D eigenvalue weighted by Crippen LogP contribution is -2.49. The van der Waals surface area contributed by atoms with Crippen LogP contribution in [-0.4, -0.2) is 44.0 Å². The third-order valence-corrected chi connectivity index (χ3v) is 4.58. The summed E-state index contributed by atoms with van der Waals surface area (Å²) in [6.07, 6.45) is 0. The molecule has 2 amide bonds. The van der Waals surface area contributed by atoms with Gasteiger partial charge in [-0.2, -0.15) is 0 Å². The van der Waals surface area contributed by atoms with Crippen molar-refractivity contribution in [1.82, 2.24) is 15.5 Å². The number of benzene rings is 2. The first-order valence-electron chi connectivity index (χ1n) is 9.75. The molecule has 0 aliphatic heterocycles. The second-order valence-corrected chi connectivity index (χ2v) is 7.70. The quantitative estimate of drug-likeness (QED) is 0.683. The molecular formula is C23H31N3O3. The van der Waals surface area contributed by atoms with E-state index in [9.17, 15) is 9.59 Å². The van der Waals surface area contributed by atoms with Gasteiger partial charge in [-0.25, -0.2) is 0 Å². The maximum Gasteiger partial charge on any atom is 0.251 e. The van der Waals surface area contributed by atoms with Crippen molar-refractivity contribution in [2.45, 2.75) is 33.0 Å². The van der Waals surface area contributed by atoms with Crippen LogP contribution in [0.3, 0.4) is 0 Å². The van der Waals surface area contributed by atoms with Gasteiger partial charge in [0.15, 0.2) is 0 Å². The van der Waals surface area contributed by atoms with Crippen LogP contribution in [0.25, 0.3) is 0 Å². The van der Waals surface area contributed by atoms with Crippen molar-refractivity contribution >= 4 is 11.8 Å². The summed E-state index contributed by atoms with van der Waals surface area (Å²) in [6.45, 7) is 5.12. The number of carbonyl (C=O) groups excluding carboxylic acids is 2. The van der Waals surface area contributed by atoms with Crippen LogP contribution < -0.4 is 15.4 Å². The average Bonchev–Trinajstić information content (AvgIpc) is 2.70. The lowest BCUT2D eigenvalue weighted by Gasteiger charge is -2.22. The molecule has 0 spiro atoms. The van der Waals surface area contributed by atoms with E-state index < -0.39 is 6.04 Å². The maximum atomic E-state index is 12.7. The van der Waals surface area contributed by atoms with Gasteiger partial charge in [0.05, 0.1) is 7.11 Å². The van der Waals surface area contributed by atoms with E-state index in [-0.39, 0.29) is 17.7 Å². The molecular weight excluding hydrogens is 366 g/mol. The molecule has 0 aliphatic rings. The summed E-state index contributed by atoms with van der Waals surface area (Å²) in [5.41, 5.74) is 2.72. The van der Waals surface area contributed by atoms with Crippen molar-refractivity contribution in [3.8, 4) is 5.75 Å². The molecule has 2 N–H and O–H groups in total. The van der Waals surface area contributed by atoms with Gasteiger partial charge in [0.25, 0.3) is 5.91 Å². The van der Waals surface area contributed by atoms with Crippen LogP contribution in [0.15, 0.2) is 48.5 Å². The Morgan fingerprint density at radius 2 is 1.55 bits per heavy atom. The molecule has 0 saturated carbocycles. The number of amides is 2. The standard InChI is InChI=1S/C23H31N3O3/c1-16(2)21(25-22(27)19-10-12-20(29-5)13-11-19)23(28)24-14-17-6-8-18(9-7-17)15-26(3)4/h6-13,16,21H,14-15H2,1-5H3,(H,24,28)(H,25,27)/t21-/m0/s1. The lowest BCUT2D eigenvalue weighted by atomic mass is 10.0. The van der Waals surface area contributed by atoms with Gasteiger partial charge in [-0.05, 0) is 55.4 Å². The number of hydrogen-bond donors (Lipinski definition) is 2. The van der Waals surface area contributed by atoms with E-state index in [0.29, 0.717) is 17.9 Å². The number of hydrogen-bond acceptors (Lipinski definition) is 4. The summed E-state index contributed by atoms with van der Waals surface area (Å²) in [4.78, 5) is 27.3. The molecule has 156 valence electrons. The van der Waals surface area contributed by atoms with E-state index in [1.165, 1.54) is 5.56 Å². The van der Waals surface area contributed by atoms with Gasteiger partial charge in [0.1, 0.15) is 11.8 Å². The first-order valence-corrected chi connectivity index (χ1v) is 9.75. The van der Waals surface area contributed by atoms with Crippen molar-refractivity contribution < 1.29 is 14.3 Å². The Hall–Kier alpha value is -2.86. The van der Waals surface area contributed by atoms with E-state index >= 15 is 0 Å². The zero-order valence-electron chi connectivity index (χ0n) is 17.9. The van der Waals surface area contributed by atoms with Gasteiger partial charge >= 0.3 is 0 Å². The van der Waals surface area contributed by atoms with Crippen molar-refractivity contribution in [3.05, 3.63) is 65.2 Å². The molecule has 29 heavy (non-hydrogen) atoms. The van der Waals surface area contributed by atoms with Crippen molar-refractivity contribution in [3.63, 3.8) is 0 Å². The molecule has 2 aromatic rings. The normalized spacial score (nSPS) is 12.0.